The van der Waals surface area contributed by atoms with Gasteiger partial charge in [-0.05, 0) is 55.5 Å². The van der Waals surface area contributed by atoms with Gasteiger partial charge in [0, 0.05) is 43.3 Å². The highest BCUT2D eigenvalue weighted by molar-refractivity contribution is 7.89. The number of carbonyl (C=O) groups excluding carboxylic acids is 2. The van der Waals surface area contributed by atoms with Gasteiger partial charge in [0.15, 0.2) is 0 Å². The van der Waals surface area contributed by atoms with Gasteiger partial charge in [-0.1, -0.05) is 55.2 Å². The summed E-state index contributed by atoms with van der Waals surface area (Å²) in [5.41, 5.74) is 0.684. The number of unbranched alkanes of at least 4 members (excludes halogenated alkanes) is 1. The molecule has 198 valence electrons. The number of amides is 3. The van der Waals surface area contributed by atoms with Crippen LogP contribution in [0.1, 0.15) is 40.0 Å². The predicted octanol–water partition coefficient (Wildman–Crippen LogP) is 5.14. The van der Waals surface area contributed by atoms with Crippen molar-refractivity contribution >= 4 is 50.9 Å². The lowest BCUT2D eigenvalue weighted by molar-refractivity contribution is -0.129. The van der Waals surface area contributed by atoms with Crippen molar-refractivity contribution in [3.8, 4) is 0 Å². The molecule has 0 saturated carbocycles. The monoisotopic (exact) mass is 556 g/mol. The molecule has 0 bridgehead atoms. The fourth-order valence-corrected chi connectivity index (χ4v) is 5.52. The van der Waals surface area contributed by atoms with Crippen molar-refractivity contribution < 1.29 is 18.0 Å². The molecule has 2 rings (SSSR count). The summed E-state index contributed by atoms with van der Waals surface area (Å²) in [6.07, 6.45) is 1.81. The zero-order valence-corrected chi connectivity index (χ0v) is 23.1. The van der Waals surface area contributed by atoms with E-state index in [4.69, 9.17) is 23.2 Å². The standard InChI is InChI=1S/C25H34Cl2N4O4S/c1-18(2)15-22(30-25(33)29-21-9-5-4-6-10-21)17-31(19(3)32)14-8-7-13-28-36(34,35)24-12-11-20(26)16-23(24)27/h4-6,9-12,16,18,22,28H,7-8,13-15,17H2,1-3H3,(H2,29,30,33)/t22-/m0/s1. The number of nitrogens with zero attached hydrogens (tertiary/aromatic N) is 1. The van der Waals surface area contributed by atoms with Gasteiger partial charge in [0.1, 0.15) is 4.90 Å². The number of sulfonamides is 1. The maximum Gasteiger partial charge on any atom is 0.319 e. The first-order chi connectivity index (χ1) is 17.0. The third kappa shape index (κ3) is 10.3. The van der Waals surface area contributed by atoms with E-state index in [1.807, 2.05) is 18.2 Å². The van der Waals surface area contributed by atoms with E-state index >= 15 is 0 Å². The summed E-state index contributed by atoms with van der Waals surface area (Å²) < 4.78 is 27.5. The molecule has 0 spiro atoms. The minimum atomic E-state index is -3.77. The van der Waals surface area contributed by atoms with Crippen LogP contribution in [0.25, 0.3) is 0 Å². The van der Waals surface area contributed by atoms with Crippen LogP contribution in [0.5, 0.6) is 0 Å². The lowest BCUT2D eigenvalue weighted by Gasteiger charge is -2.28. The molecule has 0 heterocycles. The number of urea groups is 1. The van der Waals surface area contributed by atoms with Crippen molar-refractivity contribution in [2.75, 3.05) is 25.0 Å². The molecular weight excluding hydrogens is 523 g/mol. The summed E-state index contributed by atoms with van der Waals surface area (Å²) in [5, 5.41) is 6.19. The van der Waals surface area contributed by atoms with Crippen LogP contribution in [-0.4, -0.2) is 50.9 Å². The maximum absolute atomic E-state index is 12.5. The van der Waals surface area contributed by atoms with E-state index in [0.29, 0.717) is 49.0 Å². The molecule has 2 aromatic rings. The molecule has 0 radical (unpaired) electrons. The Morgan fingerprint density at radius 2 is 1.72 bits per heavy atom. The lowest BCUT2D eigenvalue weighted by atomic mass is 10.0. The Balaban J connectivity index is 1.87. The first kappa shape index (κ1) is 29.9. The summed E-state index contributed by atoms with van der Waals surface area (Å²) in [6.45, 7) is 6.60. The van der Waals surface area contributed by atoms with E-state index in [1.54, 1.807) is 17.0 Å². The number of anilines is 1. The Hall–Kier alpha value is -2.33. The van der Waals surface area contributed by atoms with E-state index in [2.05, 4.69) is 29.2 Å². The van der Waals surface area contributed by atoms with Crippen molar-refractivity contribution in [2.45, 2.75) is 51.0 Å². The second kappa shape index (κ2) is 14.4. The summed E-state index contributed by atoms with van der Waals surface area (Å²) in [5.74, 6) is 0.206. The van der Waals surface area contributed by atoms with Crippen LogP contribution < -0.4 is 15.4 Å². The van der Waals surface area contributed by atoms with E-state index < -0.39 is 10.0 Å². The normalized spacial score (nSPS) is 12.3. The van der Waals surface area contributed by atoms with Gasteiger partial charge in [0.2, 0.25) is 15.9 Å². The number of hydrogen-bond acceptors (Lipinski definition) is 4. The first-order valence-electron chi connectivity index (χ1n) is 11.8. The zero-order valence-electron chi connectivity index (χ0n) is 20.8. The van der Waals surface area contributed by atoms with E-state index in [-0.39, 0.29) is 34.4 Å². The van der Waals surface area contributed by atoms with Crippen molar-refractivity contribution in [2.24, 2.45) is 5.92 Å². The molecule has 0 fully saturated rings. The number of carbonyl (C=O) groups is 2. The smallest absolute Gasteiger partial charge is 0.319 e. The average molecular weight is 558 g/mol. The van der Waals surface area contributed by atoms with Crippen molar-refractivity contribution in [1.82, 2.24) is 14.9 Å². The fourth-order valence-electron chi connectivity index (χ4n) is 3.67. The molecule has 0 aliphatic rings. The molecule has 0 aliphatic carbocycles. The summed E-state index contributed by atoms with van der Waals surface area (Å²) in [4.78, 5) is 26.4. The Morgan fingerprint density at radius 1 is 1.03 bits per heavy atom. The third-order valence-electron chi connectivity index (χ3n) is 5.34. The van der Waals surface area contributed by atoms with Gasteiger partial charge < -0.3 is 15.5 Å². The van der Waals surface area contributed by atoms with E-state index in [0.717, 1.165) is 0 Å². The highest BCUT2D eigenvalue weighted by atomic mass is 35.5. The SMILES string of the molecule is CC(=O)N(CCCCNS(=O)(=O)c1ccc(Cl)cc1Cl)C[C@H](CC(C)C)NC(=O)Nc1ccccc1. The van der Waals surface area contributed by atoms with Crippen LogP contribution in [0.15, 0.2) is 53.4 Å². The number of halogens is 2. The Kier molecular flexibility index (Phi) is 12.0. The van der Waals surface area contributed by atoms with Crippen LogP contribution in [0, 0.1) is 5.92 Å². The first-order valence-corrected chi connectivity index (χ1v) is 14.0. The number of rotatable bonds is 13. The highest BCUT2D eigenvalue weighted by Crippen LogP contribution is 2.24. The number of para-hydroxylation sites is 1. The molecule has 8 nitrogen and oxygen atoms in total. The topological polar surface area (TPSA) is 108 Å². The van der Waals surface area contributed by atoms with Gasteiger partial charge in [-0.2, -0.15) is 0 Å². The van der Waals surface area contributed by atoms with Crippen LogP contribution >= 0.6 is 23.2 Å². The van der Waals surface area contributed by atoms with Crippen molar-refractivity contribution in [3.05, 3.63) is 58.6 Å². The van der Waals surface area contributed by atoms with Crippen LogP contribution in [0.2, 0.25) is 10.0 Å². The van der Waals surface area contributed by atoms with Crippen LogP contribution in [0.4, 0.5) is 10.5 Å². The second-order valence-corrected chi connectivity index (χ2v) is 11.5. The molecule has 2 aromatic carbocycles. The maximum atomic E-state index is 12.5. The third-order valence-corrected chi connectivity index (χ3v) is 7.52. The van der Waals surface area contributed by atoms with Crippen LogP contribution in [0.3, 0.4) is 0 Å². The quantitative estimate of drug-likeness (QED) is 0.297. The Morgan fingerprint density at radius 3 is 2.33 bits per heavy atom. The van der Waals surface area contributed by atoms with Gasteiger partial charge in [0.25, 0.3) is 0 Å². The molecular formula is C25H34Cl2N4O4S. The fraction of sp³-hybridized carbons (Fsp3) is 0.440. The van der Waals surface area contributed by atoms with Gasteiger partial charge in [-0.3, -0.25) is 4.79 Å². The molecule has 0 saturated heterocycles. The molecule has 11 heteroatoms. The predicted molar refractivity (Wildman–Crippen MR) is 145 cm³/mol. The number of hydrogen-bond donors (Lipinski definition) is 3. The van der Waals surface area contributed by atoms with Gasteiger partial charge >= 0.3 is 6.03 Å². The highest BCUT2D eigenvalue weighted by Gasteiger charge is 2.20. The van der Waals surface area contributed by atoms with Gasteiger partial charge in [0.05, 0.1) is 5.02 Å². The van der Waals surface area contributed by atoms with E-state index in [1.165, 1.54) is 25.1 Å². The Labute approximate surface area is 223 Å². The average Bonchev–Trinajstić information content (AvgIpc) is 2.77. The largest absolute Gasteiger partial charge is 0.341 e. The molecule has 3 amide bonds. The number of nitrogens with one attached hydrogen (secondary N) is 3. The summed E-state index contributed by atoms with van der Waals surface area (Å²) in [7, 11) is -3.77. The molecule has 3 N–H and O–H groups in total. The van der Waals surface area contributed by atoms with Crippen LogP contribution in [-0.2, 0) is 14.8 Å². The summed E-state index contributed by atoms with van der Waals surface area (Å²) >= 11 is 11.9. The number of benzene rings is 2. The lowest BCUT2D eigenvalue weighted by Crippen LogP contribution is -2.47. The second-order valence-electron chi connectivity index (χ2n) is 8.94. The van der Waals surface area contributed by atoms with Crippen molar-refractivity contribution in [3.63, 3.8) is 0 Å². The summed E-state index contributed by atoms with van der Waals surface area (Å²) in [6, 6.07) is 12.8. The van der Waals surface area contributed by atoms with E-state index in [9.17, 15) is 18.0 Å². The molecule has 36 heavy (non-hydrogen) atoms. The van der Waals surface area contributed by atoms with Gasteiger partial charge in [-0.25, -0.2) is 17.9 Å². The Bertz CT molecular complexity index is 1110. The van der Waals surface area contributed by atoms with Crippen molar-refractivity contribution in [1.29, 1.82) is 0 Å². The minimum Gasteiger partial charge on any atom is -0.341 e. The molecule has 1 atom stereocenters. The molecule has 0 aliphatic heterocycles. The molecule has 0 unspecified atom stereocenters. The molecule has 0 aromatic heterocycles. The van der Waals surface area contributed by atoms with Gasteiger partial charge in [-0.15, -0.1) is 0 Å². The minimum absolute atomic E-state index is 0.0321. The zero-order chi connectivity index (χ0) is 26.7.